The van der Waals surface area contributed by atoms with Crippen molar-refractivity contribution in [2.75, 3.05) is 0 Å². The van der Waals surface area contributed by atoms with Gasteiger partial charge < -0.3 is 14.8 Å². The molecule has 0 unspecified atom stereocenters. The third-order valence-electron chi connectivity index (χ3n) is 2.62. The van der Waals surface area contributed by atoms with Crippen molar-refractivity contribution in [3.63, 3.8) is 0 Å². The van der Waals surface area contributed by atoms with Crippen molar-refractivity contribution >= 4 is 16.9 Å². The van der Waals surface area contributed by atoms with Crippen LogP contribution in [0.2, 0.25) is 0 Å². The van der Waals surface area contributed by atoms with E-state index in [1.54, 1.807) is 18.2 Å². The zero-order valence-corrected chi connectivity index (χ0v) is 8.97. The van der Waals surface area contributed by atoms with Crippen LogP contribution in [0.3, 0.4) is 0 Å². The lowest BCUT2D eigenvalue weighted by atomic mass is 10.2. The van der Waals surface area contributed by atoms with Crippen LogP contribution in [0.1, 0.15) is 12.6 Å². The van der Waals surface area contributed by atoms with Crippen LogP contribution in [0.5, 0.6) is 5.75 Å². The van der Waals surface area contributed by atoms with Crippen molar-refractivity contribution in [1.82, 2.24) is 4.57 Å². The Morgan fingerprint density at radius 2 is 2.12 bits per heavy atom. The number of rotatable bonds is 3. The molecule has 1 aromatic heterocycles. The maximum atomic E-state index is 10.7. The summed E-state index contributed by atoms with van der Waals surface area (Å²) in [6, 6.07) is 6.87. The number of aromatic hydroxyl groups is 1. The van der Waals surface area contributed by atoms with Crippen molar-refractivity contribution in [3.8, 4) is 5.75 Å². The number of carboxylic acid groups (broad SMARTS) is 1. The number of hydrogen-bond acceptors (Lipinski definition) is 2. The summed E-state index contributed by atoms with van der Waals surface area (Å²) < 4.78 is 1.95. The van der Waals surface area contributed by atoms with Gasteiger partial charge in [-0.1, -0.05) is 0 Å². The highest BCUT2D eigenvalue weighted by Gasteiger charge is 2.10. The van der Waals surface area contributed by atoms with E-state index < -0.39 is 5.97 Å². The second-order valence-corrected chi connectivity index (χ2v) is 3.69. The van der Waals surface area contributed by atoms with Crippen LogP contribution in [-0.2, 0) is 17.8 Å². The first-order chi connectivity index (χ1) is 7.61. The van der Waals surface area contributed by atoms with Gasteiger partial charge in [0.1, 0.15) is 5.75 Å². The van der Waals surface area contributed by atoms with Gasteiger partial charge in [0.05, 0.1) is 6.42 Å². The molecule has 0 spiro atoms. The van der Waals surface area contributed by atoms with E-state index in [1.807, 2.05) is 17.6 Å². The normalized spacial score (nSPS) is 10.8. The van der Waals surface area contributed by atoms with Gasteiger partial charge in [0.25, 0.3) is 0 Å². The number of aryl methyl sites for hydroxylation is 1. The van der Waals surface area contributed by atoms with E-state index in [4.69, 9.17) is 5.11 Å². The topological polar surface area (TPSA) is 62.5 Å². The quantitative estimate of drug-likeness (QED) is 0.829. The number of phenols is 1. The highest BCUT2D eigenvalue weighted by Crippen LogP contribution is 2.24. The Bertz CT molecular complexity index is 542. The van der Waals surface area contributed by atoms with Crippen LogP contribution < -0.4 is 0 Å². The Balaban J connectivity index is 2.61. The van der Waals surface area contributed by atoms with E-state index in [1.165, 1.54) is 0 Å². The minimum Gasteiger partial charge on any atom is -0.508 e. The van der Waals surface area contributed by atoms with Gasteiger partial charge in [-0.3, -0.25) is 4.79 Å². The van der Waals surface area contributed by atoms with Gasteiger partial charge in [-0.25, -0.2) is 0 Å². The Morgan fingerprint density at radius 1 is 1.38 bits per heavy atom. The monoisotopic (exact) mass is 219 g/mol. The smallest absolute Gasteiger partial charge is 0.309 e. The zero-order valence-electron chi connectivity index (χ0n) is 8.97. The average Bonchev–Trinajstić information content (AvgIpc) is 2.52. The van der Waals surface area contributed by atoms with Gasteiger partial charge >= 0.3 is 5.97 Å². The maximum Gasteiger partial charge on any atom is 0.309 e. The fourth-order valence-corrected chi connectivity index (χ4v) is 1.99. The molecule has 2 N–H and O–H groups in total. The average molecular weight is 219 g/mol. The molecule has 0 amide bonds. The number of hydrogen-bond donors (Lipinski definition) is 2. The third-order valence-corrected chi connectivity index (χ3v) is 2.62. The number of nitrogens with zero attached hydrogens (tertiary/aromatic N) is 1. The van der Waals surface area contributed by atoms with Crippen molar-refractivity contribution in [2.24, 2.45) is 0 Å². The molecule has 2 aromatic rings. The van der Waals surface area contributed by atoms with Gasteiger partial charge in [-0.05, 0) is 31.2 Å². The number of carbonyl (C=O) groups is 1. The summed E-state index contributed by atoms with van der Waals surface area (Å²) >= 11 is 0. The predicted octanol–water partition coefficient (Wildman–Crippen LogP) is 1.99. The highest BCUT2D eigenvalue weighted by molar-refractivity contribution is 5.84. The molecular weight excluding hydrogens is 206 g/mol. The van der Waals surface area contributed by atoms with Crippen LogP contribution in [-0.4, -0.2) is 20.7 Å². The molecule has 4 nitrogen and oxygen atoms in total. The number of aromatic nitrogens is 1. The molecule has 4 heteroatoms. The van der Waals surface area contributed by atoms with E-state index in [-0.39, 0.29) is 12.2 Å². The highest BCUT2D eigenvalue weighted by atomic mass is 16.4. The van der Waals surface area contributed by atoms with E-state index in [9.17, 15) is 9.90 Å². The lowest BCUT2D eigenvalue weighted by molar-refractivity contribution is -0.136. The SMILES string of the molecule is CCn1c(CC(=O)O)cc2cc(O)ccc21. The molecule has 0 aliphatic carbocycles. The van der Waals surface area contributed by atoms with Crippen LogP contribution in [0, 0.1) is 0 Å². The van der Waals surface area contributed by atoms with Crippen molar-refractivity contribution in [3.05, 3.63) is 30.0 Å². The first kappa shape index (κ1) is 10.5. The van der Waals surface area contributed by atoms with Crippen LogP contribution in [0.25, 0.3) is 10.9 Å². The van der Waals surface area contributed by atoms with Gasteiger partial charge in [0.2, 0.25) is 0 Å². The molecule has 1 aromatic carbocycles. The largest absolute Gasteiger partial charge is 0.508 e. The number of fused-ring (bicyclic) bond motifs is 1. The fraction of sp³-hybridized carbons (Fsp3) is 0.250. The first-order valence-corrected chi connectivity index (χ1v) is 5.14. The summed E-state index contributed by atoms with van der Waals surface area (Å²) in [7, 11) is 0. The summed E-state index contributed by atoms with van der Waals surface area (Å²) in [5, 5.41) is 19.0. The molecule has 0 aliphatic heterocycles. The standard InChI is InChI=1S/C12H13NO3/c1-2-13-9(7-12(15)16)5-8-6-10(14)3-4-11(8)13/h3-6,14H,2,7H2,1H3,(H,15,16). The lowest BCUT2D eigenvalue weighted by Crippen LogP contribution is -2.06. The summed E-state index contributed by atoms with van der Waals surface area (Å²) in [4.78, 5) is 10.7. The molecular formula is C12H13NO3. The lowest BCUT2D eigenvalue weighted by Gasteiger charge is -2.05. The van der Waals surface area contributed by atoms with E-state index in [2.05, 4.69) is 0 Å². The summed E-state index contributed by atoms with van der Waals surface area (Å²) in [5.41, 5.74) is 1.71. The molecule has 0 saturated carbocycles. The van der Waals surface area contributed by atoms with Crippen molar-refractivity contribution in [2.45, 2.75) is 19.9 Å². The summed E-state index contributed by atoms with van der Waals surface area (Å²) in [6.45, 7) is 2.69. The molecule has 16 heavy (non-hydrogen) atoms. The minimum atomic E-state index is -0.846. The van der Waals surface area contributed by atoms with E-state index >= 15 is 0 Å². The Kier molecular flexibility index (Phi) is 2.56. The molecule has 84 valence electrons. The van der Waals surface area contributed by atoms with Crippen molar-refractivity contribution in [1.29, 1.82) is 0 Å². The molecule has 0 bridgehead atoms. The Hall–Kier alpha value is -1.97. The number of aliphatic carboxylic acids is 1. The van der Waals surface area contributed by atoms with Crippen molar-refractivity contribution < 1.29 is 15.0 Å². The zero-order chi connectivity index (χ0) is 11.7. The number of benzene rings is 1. The number of phenolic OH excluding ortho intramolecular Hbond substituents is 1. The summed E-state index contributed by atoms with van der Waals surface area (Å²) in [5.74, 6) is -0.649. The number of carboxylic acids is 1. The molecule has 0 radical (unpaired) electrons. The van der Waals surface area contributed by atoms with Gasteiger partial charge in [-0.15, -0.1) is 0 Å². The van der Waals surface area contributed by atoms with Crippen LogP contribution in [0.15, 0.2) is 24.3 Å². The van der Waals surface area contributed by atoms with Crippen LogP contribution in [0.4, 0.5) is 0 Å². The third kappa shape index (κ3) is 1.74. The second kappa shape index (κ2) is 3.89. The first-order valence-electron chi connectivity index (χ1n) is 5.14. The molecule has 0 fully saturated rings. The predicted molar refractivity (Wildman–Crippen MR) is 60.6 cm³/mol. The van der Waals surface area contributed by atoms with Gasteiger partial charge in [0, 0.05) is 23.1 Å². The van der Waals surface area contributed by atoms with E-state index in [0.29, 0.717) is 0 Å². The molecule has 0 saturated heterocycles. The van der Waals surface area contributed by atoms with E-state index in [0.717, 1.165) is 23.1 Å². The van der Waals surface area contributed by atoms with Crippen LogP contribution >= 0.6 is 0 Å². The minimum absolute atomic E-state index is 0.00326. The molecule has 0 atom stereocenters. The Morgan fingerprint density at radius 3 is 2.75 bits per heavy atom. The van der Waals surface area contributed by atoms with Gasteiger partial charge in [-0.2, -0.15) is 0 Å². The molecule has 0 aliphatic rings. The van der Waals surface area contributed by atoms with Gasteiger partial charge in [0.15, 0.2) is 0 Å². The molecule has 2 rings (SSSR count). The second-order valence-electron chi connectivity index (χ2n) is 3.69. The fourth-order valence-electron chi connectivity index (χ4n) is 1.99. The Labute approximate surface area is 92.7 Å². The maximum absolute atomic E-state index is 10.7. The summed E-state index contributed by atoms with van der Waals surface area (Å²) in [6.07, 6.45) is 0.00326. The molecule has 1 heterocycles.